The standard InChI is InChI=1S/C20H17N5O4/c1-12(26)23-13-3-2-4-14(7-13)24-19-10-21-16(9-22-19)20(27)25-15-5-6-17-18(8-15)29-11-28-17/h2-10H,11H2,1H3,(H,22,24)(H,23,26)(H,25,27). The molecule has 0 aliphatic carbocycles. The Kier molecular flexibility index (Phi) is 4.93. The van der Waals surface area contributed by atoms with Gasteiger partial charge >= 0.3 is 0 Å². The first-order valence-electron chi connectivity index (χ1n) is 8.74. The lowest BCUT2D eigenvalue weighted by molar-refractivity contribution is -0.114. The van der Waals surface area contributed by atoms with Crippen LogP contribution in [0.5, 0.6) is 11.5 Å². The Morgan fingerprint density at radius 2 is 1.69 bits per heavy atom. The van der Waals surface area contributed by atoms with Gasteiger partial charge in [-0.15, -0.1) is 0 Å². The Morgan fingerprint density at radius 3 is 2.48 bits per heavy atom. The molecule has 4 rings (SSSR count). The summed E-state index contributed by atoms with van der Waals surface area (Å²) in [6.07, 6.45) is 2.84. The molecule has 2 amide bonds. The maximum Gasteiger partial charge on any atom is 0.275 e. The molecule has 1 aliphatic rings. The van der Waals surface area contributed by atoms with Crippen molar-refractivity contribution in [1.82, 2.24) is 9.97 Å². The third-order valence-corrected chi connectivity index (χ3v) is 3.97. The normalized spacial score (nSPS) is 11.6. The van der Waals surface area contributed by atoms with Gasteiger partial charge in [-0.1, -0.05) is 6.07 Å². The molecular formula is C20H17N5O4. The molecule has 29 heavy (non-hydrogen) atoms. The Morgan fingerprint density at radius 1 is 0.897 bits per heavy atom. The maximum atomic E-state index is 12.4. The fraction of sp³-hybridized carbons (Fsp3) is 0.100. The van der Waals surface area contributed by atoms with Crippen LogP contribution in [0.2, 0.25) is 0 Å². The second-order valence-corrected chi connectivity index (χ2v) is 6.20. The largest absolute Gasteiger partial charge is 0.454 e. The van der Waals surface area contributed by atoms with Crippen LogP contribution in [-0.4, -0.2) is 28.6 Å². The number of aromatic nitrogens is 2. The average Bonchev–Trinajstić information content (AvgIpc) is 3.16. The minimum Gasteiger partial charge on any atom is -0.454 e. The fourth-order valence-corrected chi connectivity index (χ4v) is 2.71. The average molecular weight is 391 g/mol. The highest BCUT2D eigenvalue weighted by atomic mass is 16.7. The first-order chi connectivity index (χ1) is 14.1. The van der Waals surface area contributed by atoms with Crippen molar-refractivity contribution in [2.45, 2.75) is 6.92 Å². The molecule has 3 N–H and O–H groups in total. The molecule has 0 unspecified atom stereocenters. The third-order valence-electron chi connectivity index (χ3n) is 3.97. The van der Waals surface area contributed by atoms with Gasteiger partial charge in [0.2, 0.25) is 12.7 Å². The molecule has 0 saturated carbocycles. The zero-order chi connectivity index (χ0) is 20.2. The van der Waals surface area contributed by atoms with Crippen molar-refractivity contribution in [3.8, 4) is 11.5 Å². The van der Waals surface area contributed by atoms with Crippen LogP contribution in [0.15, 0.2) is 54.9 Å². The lowest BCUT2D eigenvalue weighted by Crippen LogP contribution is -2.14. The number of hydrogen-bond donors (Lipinski definition) is 3. The minimum atomic E-state index is -0.393. The number of anilines is 4. The highest BCUT2D eigenvalue weighted by molar-refractivity contribution is 6.02. The maximum absolute atomic E-state index is 12.4. The molecule has 2 aromatic carbocycles. The van der Waals surface area contributed by atoms with Crippen molar-refractivity contribution >= 4 is 34.7 Å². The van der Waals surface area contributed by atoms with Crippen molar-refractivity contribution in [2.24, 2.45) is 0 Å². The van der Waals surface area contributed by atoms with E-state index in [0.29, 0.717) is 28.7 Å². The van der Waals surface area contributed by atoms with Gasteiger partial charge in [-0.3, -0.25) is 9.59 Å². The molecule has 0 bridgehead atoms. The fourth-order valence-electron chi connectivity index (χ4n) is 2.71. The summed E-state index contributed by atoms with van der Waals surface area (Å²) in [5.74, 6) is 1.13. The molecule has 0 saturated heterocycles. The molecule has 146 valence electrons. The molecule has 0 spiro atoms. The third kappa shape index (κ3) is 4.41. The summed E-state index contributed by atoms with van der Waals surface area (Å²) in [6, 6.07) is 12.3. The van der Waals surface area contributed by atoms with E-state index in [1.807, 2.05) is 6.07 Å². The molecular weight excluding hydrogens is 374 g/mol. The van der Waals surface area contributed by atoms with Gasteiger partial charge in [-0.25, -0.2) is 9.97 Å². The molecule has 3 aromatic rings. The first kappa shape index (κ1) is 18.2. The van der Waals surface area contributed by atoms with Gasteiger partial charge in [0.05, 0.1) is 12.4 Å². The van der Waals surface area contributed by atoms with Crippen molar-refractivity contribution in [2.75, 3.05) is 22.7 Å². The number of ether oxygens (including phenoxy) is 2. The molecule has 1 aromatic heterocycles. The number of hydrogen-bond acceptors (Lipinski definition) is 7. The van der Waals surface area contributed by atoms with Gasteiger partial charge in [0, 0.05) is 30.1 Å². The number of rotatable bonds is 5. The SMILES string of the molecule is CC(=O)Nc1cccc(Nc2cnc(C(=O)Nc3ccc4c(c3)OCO4)cn2)c1. The van der Waals surface area contributed by atoms with Gasteiger partial charge in [0.25, 0.3) is 5.91 Å². The summed E-state index contributed by atoms with van der Waals surface area (Å²) in [5.41, 5.74) is 2.12. The summed E-state index contributed by atoms with van der Waals surface area (Å²) >= 11 is 0. The van der Waals surface area contributed by atoms with Gasteiger partial charge in [-0.2, -0.15) is 0 Å². The summed E-state index contributed by atoms with van der Waals surface area (Å²) < 4.78 is 10.5. The minimum absolute atomic E-state index is 0.153. The van der Waals surface area contributed by atoms with Crippen LogP contribution >= 0.6 is 0 Å². The topological polar surface area (TPSA) is 114 Å². The van der Waals surface area contributed by atoms with Crippen molar-refractivity contribution in [1.29, 1.82) is 0 Å². The number of nitrogens with zero attached hydrogens (tertiary/aromatic N) is 2. The Bertz CT molecular complexity index is 1070. The summed E-state index contributed by atoms with van der Waals surface area (Å²) in [4.78, 5) is 31.9. The van der Waals surface area contributed by atoms with E-state index in [9.17, 15) is 9.59 Å². The Balaban J connectivity index is 1.41. The van der Waals surface area contributed by atoms with Gasteiger partial charge in [-0.05, 0) is 30.3 Å². The molecule has 0 fully saturated rings. The van der Waals surface area contributed by atoms with E-state index >= 15 is 0 Å². The van der Waals surface area contributed by atoms with E-state index in [0.717, 1.165) is 5.69 Å². The van der Waals surface area contributed by atoms with Gasteiger partial charge in [0.1, 0.15) is 11.5 Å². The molecule has 1 aliphatic heterocycles. The number of carbonyl (C=O) groups is 2. The second-order valence-electron chi connectivity index (χ2n) is 6.20. The van der Waals surface area contributed by atoms with Crippen LogP contribution in [0.4, 0.5) is 22.9 Å². The van der Waals surface area contributed by atoms with Crippen molar-refractivity contribution in [3.63, 3.8) is 0 Å². The molecule has 2 heterocycles. The van der Waals surface area contributed by atoms with Crippen LogP contribution in [-0.2, 0) is 4.79 Å². The van der Waals surface area contributed by atoms with Crippen LogP contribution < -0.4 is 25.4 Å². The predicted octanol–water partition coefficient (Wildman–Crippen LogP) is 3.16. The van der Waals surface area contributed by atoms with E-state index in [4.69, 9.17) is 9.47 Å². The van der Waals surface area contributed by atoms with Crippen LogP contribution in [0.1, 0.15) is 17.4 Å². The Hall–Kier alpha value is -4.14. The van der Waals surface area contributed by atoms with Crippen LogP contribution in [0.25, 0.3) is 0 Å². The number of amides is 2. The lowest BCUT2D eigenvalue weighted by atomic mass is 10.2. The number of fused-ring (bicyclic) bond motifs is 1. The van der Waals surface area contributed by atoms with E-state index in [2.05, 4.69) is 25.9 Å². The molecule has 0 atom stereocenters. The predicted molar refractivity (Wildman–Crippen MR) is 107 cm³/mol. The molecule has 9 heteroatoms. The first-order valence-corrected chi connectivity index (χ1v) is 8.74. The van der Waals surface area contributed by atoms with Crippen LogP contribution in [0, 0.1) is 0 Å². The zero-order valence-electron chi connectivity index (χ0n) is 15.4. The summed E-state index contributed by atoms with van der Waals surface area (Å²) in [7, 11) is 0. The van der Waals surface area contributed by atoms with E-state index in [1.165, 1.54) is 19.3 Å². The smallest absolute Gasteiger partial charge is 0.275 e. The van der Waals surface area contributed by atoms with Crippen molar-refractivity contribution in [3.05, 3.63) is 60.6 Å². The molecule has 9 nitrogen and oxygen atoms in total. The lowest BCUT2D eigenvalue weighted by Gasteiger charge is -2.09. The van der Waals surface area contributed by atoms with Gasteiger partial charge < -0.3 is 25.4 Å². The van der Waals surface area contributed by atoms with E-state index < -0.39 is 5.91 Å². The highest BCUT2D eigenvalue weighted by Gasteiger charge is 2.15. The zero-order valence-corrected chi connectivity index (χ0v) is 15.4. The molecule has 0 radical (unpaired) electrons. The Labute approximate surface area is 166 Å². The van der Waals surface area contributed by atoms with E-state index in [-0.39, 0.29) is 18.4 Å². The monoisotopic (exact) mass is 391 g/mol. The van der Waals surface area contributed by atoms with Crippen molar-refractivity contribution < 1.29 is 19.1 Å². The summed E-state index contributed by atoms with van der Waals surface area (Å²) in [6.45, 7) is 1.61. The highest BCUT2D eigenvalue weighted by Crippen LogP contribution is 2.34. The number of carbonyl (C=O) groups excluding carboxylic acids is 2. The number of nitrogens with one attached hydrogen (secondary N) is 3. The number of benzene rings is 2. The second kappa shape index (κ2) is 7.85. The van der Waals surface area contributed by atoms with Gasteiger partial charge in [0.15, 0.2) is 11.5 Å². The quantitative estimate of drug-likeness (QED) is 0.612. The van der Waals surface area contributed by atoms with Crippen LogP contribution in [0.3, 0.4) is 0 Å². The van der Waals surface area contributed by atoms with E-state index in [1.54, 1.807) is 36.4 Å². The summed E-state index contributed by atoms with van der Waals surface area (Å²) in [5, 5.41) is 8.53.